The van der Waals surface area contributed by atoms with Crippen LogP contribution in [0.2, 0.25) is 0 Å². The number of rotatable bonds is 5. The van der Waals surface area contributed by atoms with Crippen molar-refractivity contribution in [3.63, 3.8) is 0 Å². The minimum Gasteiger partial charge on any atom is -0.481 e. The minimum absolute atomic E-state index is 0.00954. The quantitative estimate of drug-likeness (QED) is 0.854. The molecule has 1 aliphatic heterocycles. The summed E-state index contributed by atoms with van der Waals surface area (Å²) in [6.07, 6.45) is 1.10. The topological polar surface area (TPSA) is 68.0 Å². The highest BCUT2D eigenvalue weighted by Gasteiger charge is 2.26. The van der Waals surface area contributed by atoms with Crippen molar-refractivity contribution >= 4 is 29.5 Å². The fraction of sp³-hybridized carbons (Fsp3) is 0.357. The highest BCUT2D eigenvalue weighted by Crippen LogP contribution is 2.34. The van der Waals surface area contributed by atoms with Crippen LogP contribution < -0.4 is 0 Å². The first-order valence-corrected chi connectivity index (χ1v) is 8.83. The number of thioether (sulfide) groups is 2. The molecule has 5 nitrogen and oxygen atoms in total. The highest BCUT2D eigenvalue weighted by molar-refractivity contribution is 7.99. The van der Waals surface area contributed by atoms with Crippen LogP contribution in [0.4, 0.5) is 0 Å². The maximum absolute atomic E-state index is 10.8. The summed E-state index contributed by atoms with van der Waals surface area (Å²) in [7, 11) is 0. The van der Waals surface area contributed by atoms with Crippen LogP contribution in [0.15, 0.2) is 35.5 Å². The van der Waals surface area contributed by atoms with Gasteiger partial charge in [0.25, 0.3) is 0 Å². The summed E-state index contributed by atoms with van der Waals surface area (Å²) in [5.74, 6) is 2.67. The van der Waals surface area contributed by atoms with Crippen molar-refractivity contribution in [3.05, 3.63) is 36.2 Å². The summed E-state index contributed by atoms with van der Waals surface area (Å²) in [5, 5.41) is 18.1. The van der Waals surface area contributed by atoms with Crippen LogP contribution in [0.5, 0.6) is 0 Å². The van der Waals surface area contributed by atoms with Crippen molar-refractivity contribution in [1.82, 2.24) is 14.8 Å². The Hall–Kier alpha value is -1.47. The van der Waals surface area contributed by atoms with Gasteiger partial charge in [-0.05, 0) is 24.3 Å². The van der Waals surface area contributed by atoms with E-state index < -0.39 is 5.97 Å². The van der Waals surface area contributed by atoms with E-state index in [4.69, 9.17) is 5.11 Å². The molecule has 7 heteroatoms. The lowest BCUT2D eigenvalue weighted by atomic mass is 10.1. The fourth-order valence-electron chi connectivity index (χ4n) is 2.32. The Kier molecular flexibility index (Phi) is 4.50. The summed E-state index contributed by atoms with van der Waals surface area (Å²) in [6.45, 7) is 0. The third-order valence-electron chi connectivity index (χ3n) is 3.29. The van der Waals surface area contributed by atoms with E-state index >= 15 is 0 Å². The molecule has 1 saturated heterocycles. The van der Waals surface area contributed by atoms with Gasteiger partial charge in [-0.2, -0.15) is 11.8 Å². The number of hydrogen-bond donors (Lipinski definition) is 1. The standard InChI is InChI=1S/C14H15N3O2S2/c18-12(19)9-21-14-16-15-13(10-6-7-20-8-10)17(14)11-4-2-1-3-5-11/h1-5,10H,6-9H2,(H,18,19). The summed E-state index contributed by atoms with van der Waals surface area (Å²) in [4.78, 5) is 10.8. The first kappa shape index (κ1) is 14.5. The van der Waals surface area contributed by atoms with Gasteiger partial charge in [0, 0.05) is 17.4 Å². The number of nitrogens with zero attached hydrogens (tertiary/aromatic N) is 3. The summed E-state index contributed by atoms with van der Waals surface area (Å²) >= 11 is 3.14. The number of carboxylic acids is 1. The van der Waals surface area contributed by atoms with E-state index in [1.165, 1.54) is 11.8 Å². The first-order chi connectivity index (χ1) is 10.3. The number of carboxylic acid groups (broad SMARTS) is 1. The lowest BCUT2D eigenvalue weighted by Crippen LogP contribution is -2.09. The predicted octanol–water partition coefficient (Wildman–Crippen LogP) is 2.66. The zero-order valence-corrected chi connectivity index (χ0v) is 12.9. The number of benzene rings is 1. The van der Waals surface area contributed by atoms with Crippen molar-refractivity contribution < 1.29 is 9.90 Å². The summed E-state index contributed by atoms with van der Waals surface area (Å²) in [5.41, 5.74) is 0.988. The number of para-hydroxylation sites is 1. The molecule has 1 unspecified atom stereocenters. The Morgan fingerprint density at radius 2 is 2.19 bits per heavy atom. The van der Waals surface area contributed by atoms with Crippen LogP contribution in [0.25, 0.3) is 5.69 Å². The van der Waals surface area contributed by atoms with Gasteiger partial charge in [-0.3, -0.25) is 9.36 Å². The molecule has 110 valence electrons. The van der Waals surface area contributed by atoms with Crippen LogP contribution in [0.1, 0.15) is 18.2 Å². The molecule has 0 amide bonds. The predicted molar refractivity (Wildman–Crippen MR) is 84.4 cm³/mol. The molecule has 0 saturated carbocycles. The van der Waals surface area contributed by atoms with Gasteiger partial charge < -0.3 is 5.11 Å². The second-order valence-corrected chi connectivity index (χ2v) is 6.85. The van der Waals surface area contributed by atoms with Crippen LogP contribution in [0, 0.1) is 0 Å². The average molecular weight is 321 g/mol. The van der Waals surface area contributed by atoms with Gasteiger partial charge in [-0.1, -0.05) is 30.0 Å². The van der Waals surface area contributed by atoms with Crippen LogP contribution in [0.3, 0.4) is 0 Å². The first-order valence-electron chi connectivity index (χ1n) is 6.69. The molecular weight excluding hydrogens is 306 g/mol. The molecule has 1 aromatic heterocycles. The third-order valence-corrected chi connectivity index (χ3v) is 5.37. The molecule has 1 aromatic carbocycles. The number of hydrogen-bond acceptors (Lipinski definition) is 5. The van der Waals surface area contributed by atoms with E-state index in [2.05, 4.69) is 10.2 Å². The minimum atomic E-state index is -0.847. The number of carbonyl (C=O) groups is 1. The van der Waals surface area contributed by atoms with Gasteiger partial charge in [0.05, 0.1) is 5.75 Å². The molecule has 1 atom stereocenters. The zero-order valence-electron chi connectivity index (χ0n) is 11.3. The maximum Gasteiger partial charge on any atom is 0.313 e. The molecule has 0 bridgehead atoms. The fourth-order valence-corrected chi connectivity index (χ4v) is 4.22. The van der Waals surface area contributed by atoms with Crippen LogP contribution in [-0.4, -0.2) is 43.1 Å². The normalized spacial score (nSPS) is 18.0. The molecule has 0 radical (unpaired) electrons. The molecule has 0 spiro atoms. The Bertz CT molecular complexity index is 624. The second-order valence-electron chi connectivity index (χ2n) is 4.75. The van der Waals surface area contributed by atoms with Crippen molar-refractivity contribution in [2.45, 2.75) is 17.5 Å². The van der Waals surface area contributed by atoms with E-state index in [0.29, 0.717) is 11.1 Å². The molecule has 1 fully saturated rings. The highest BCUT2D eigenvalue weighted by atomic mass is 32.2. The van der Waals surface area contributed by atoms with Crippen LogP contribution in [-0.2, 0) is 4.79 Å². The van der Waals surface area contributed by atoms with Gasteiger partial charge in [0.1, 0.15) is 5.82 Å². The average Bonchev–Trinajstić information content (AvgIpc) is 3.15. The summed E-state index contributed by atoms with van der Waals surface area (Å²) in [6, 6.07) is 9.89. The van der Waals surface area contributed by atoms with Gasteiger partial charge >= 0.3 is 5.97 Å². The lowest BCUT2D eigenvalue weighted by Gasteiger charge is -2.13. The number of aromatic nitrogens is 3. The molecule has 2 heterocycles. The molecule has 2 aromatic rings. The molecule has 0 aliphatic carbocycles. The molecule has 3 rings (SSSR count). The van der Waals surface area contributed by atoms with Crippen molar-refractivity contribution in [3.8, 4) is 5.69 Å². The molecule has 1 N–H and O–H groups in total. The third kappa shape index (κ3) is 3.24. The Balaban J connectivity index is 1.98. The van der Waals surface area contributed by atoms with Gasteiger partial charge in [0.15, 0.2) is 5.16 Å². The smallest absolute Gasteiger partial charge is 0.313 e. The Labute approximate surface area is 131 Å². The van der Waals surface area contributed by atoms with Crippen molar-refractivity contribution in [2.75, 3.05) is 17.3 Å². The van der Waals surface area contributed by atoms with E-state index in [-0.39, 0.29) is 5.75 Å². The molecule has 21 heavy (non-hydrogen) atoms. The van der Waals surface area contributed by atoms with Crippen LogP contribution >= 0.6 is 23.5 Å². The van der Waals surface area contributed by atoms with Crippen molar-refractivity contribution in [1.29, 1.82) is 0 Å². The van der Waals surface area contributed by atoms with E-state index in [1.807, 2.05) is 46.7 Å². The van der Waals surface area contributed by atoms with Gasteiger partial charge in [-0.15, -0.1) is 10.2 Å². The molecular formula is C14H15N3O2S2. The zero-order chi connectivity index (χ0) is 14.7. The SMILES string of the molecule is O=C(O)CSc1nnc(C2CCSC2)n1-c1ccccc1. The molecule has 1 aliphatic rings. The maximum atomic E-state index is 10.8. The largest absolute Gasteiger partial charge is 0.481 e. The van der Waals surface area contributed by atoms with E-state index in [9.17, 15) is 4.79 Å². The number of aliphatic carboxylic acids is 1. The Morgan fingerprint density at radius 1 is 1.38 bits per heavy atom. The van der Waals surface area contributed by atoms with Crippen molar-refractivity contribution in [2.24, 2.45) is 0 Å². The summed E-state index contributed by atoms with van der Waals surface area (Å²) < 4.78 is 2.00. The monoisotopic (exact) mass is 321 g/mol. The van der Waals surface area contributed by atoms with Gasteiger partial charge in [-0.25, -0.2) is 0 Å². The second kappa shape index (κ2) is 6.53. The lowest BCUT2D eigenvalue weighted by molar-refractivity contribution is -0.133. The van der Waals surface area contributed by atoms with Gasteiger partial charge in [0.2, 0.25) is 0 Å². The van der Waals surface area contributed by atoms with E-state index in [0.717, 1.165) is 29.4 Å². The Morgan fingerprint density at radius 3 is 2.86 bits per heavy atom. The van der Waals surface area contributed by atoms with E-state index in [1.54, 1.807) is 0 Å².